The number of nitrogens with zero attached hydrogens (tertiary/aromatic N) is 2. The monoisotopic (exact) mass is 425 g/mol. The van der Waals surface area contributed by atoms with E-state index in [1.807, 2.05) is 13.8 Å². The van der Waals surface area contributed by atoms with Gasteiger partial charge in [0.2, 0.25) is 5.91 Å². The Morgan fingerprint density at radius 3 is 2.75 bits per heavy atom. The average molecular weight is 426 g/mol. The van der Waals surface area contributed by atoms with Crippen LogP contribution in [0.1, 0.15) is 25.8 Å². The summed E-state index contributed by atoms with van der Waals surface area (Å²) in [5.74, 6) is 0.157. The van der Waals surface area contributed by atoms with Gasteiger partial charge in [-0.2, -0.15) is 5.10 Å². The molecule has 1 saturated heterocycles. The summed E-state index contributed by atoms with van der Waals surface area (Å²) < 4.78 is 6.98. The first-order valence-corrected chi connectivity index (χ1v) is 9.50. The normalized spacial score (nSPS) is 21.9. The Labute approximate surface area is 172 Å². The molecule has 1 aliphatic rings. The van der Waals surface area contributed by atoms with E-state index in [0.717, 1.165) is 0 Å². The molecule has 0 bridgehead atoms. The minimum absolute atomic E-state index is 0.0396. The fourth-order valence-corrected chi connectivity index (χ4v) is 3.24. The van der Waals surface area contributed by atoms with E-state index < -0.39 is 12.2 Å². The highest BCUT2D eigenvalue weighted by Gasteiger charge is 2.32. The van der Waals surface area contributed by atoms with Gasteiger partial charge in [0.15, 0.2) is 12.9 Å². The molecule has 3 atom stereocenters. The molecule has 1 aliphatic heterocycles. The van der Waals surface area contributed by atoms with Gasteiger partial charge in [0.1, 0.15) is 11.6 Å². The molecule has 2 heterocycles. The summed E-state index contributed by atoms with van der Waals surface area (Å²) in [6.45, 7) is 5.32. The van der Waals surface area contributed by atoms with Crippen molar-refractivity contribution in [1.82, 2.24) is 20.4 Å². The summed E-state index contributed by atoms with van der Waals surface area (Å²) in [5.41, 5.74) is 0.694. The van der Waals surface area contributed by atoms with Crippen LogP contribution < -0.4 is 20.7 Å². The Morgan fingerprint density at radius 1 is 1.32 bits per heavy atom. The van der Waals surface area contributed by atoms with Crippen molar-refractivity contribution in [2.45, 2.75) is 33.1 Å². The van der Waals surface area contributed by atoms with Gasteiger partial charge < -0.3 is 15.4 Å². The van der Waals surface area contributed by atoms with Crippen molar-refractivity contribution in [3.8, 4) is 5.75 Å². The first-order chi connectivity index (χ1) is 13.2. The van der Waals surface area contributed by atoms with Crippen LogP contribution in [0, 0.1) is 12.8 Å². The topological polar surface area (TPSA) is 97.3 Å². The zero-order chi connectivity index (χ0) is 20.4. The predicted octanol–water partition coefficient (Wildman–Crippen LogP) is 2.72. The van der Waals surface area contributed by atoms with E-state index in [1.54, 1.807) is 25.1 Å². The molecular weight excluding hydrogens is 405 g/mol. The maximum atomic E-state index is 12.3. The SMILES string of the molecule is Cc1cc(NC(=O)COc2ccc(Cl)cc2Cl)n(C2NC(=O)C(C)C(C)N2)n1. The van der Waals surface area contributed by atoms with Crippen molar-refractivity contribution in [1.29, 1.82) is 0 Å². The van der Waals surface area contributed by atoms with Crippen molar-refractivity contribution in [3.05, 3.63) is 40.0 Å². The number of aromatic nitrogens is 2. The molecule has 1 aromatic heterocycles. The zero-order valence-electron chi connectivity index (χ0n) is 15.6. The summed E-state index contributed by atoms with van der Waals surface area (Å²) in [7, 11) is 0. The van der Waals surface area contributed by atoms with Crippen LogP contribution in [0.3, 0.4) is 0 Å². The highest BCUT2D eigenvalue weighted by atomic mass is 35.5. The van der Waals surface area contributed by atoms with Crippen LogP contribution in [0.25, 0.3) is 0 Å². The van der Waals surface area contributed by atoms with Crippen LogP contribution in [-0.4, -0.2) is 34.2 Å². The number of benzene rings is 1. The molecule has 2 amide bonds. The zero-order valence-corrected chi connectivity index (χ0v) is 17.1. The van der Waals surface area contributed by atoms with Crippen molar-refractivity contribution >= 4 is 40.8 Å². The second-order valence-electron chi connectivity index (χ2n) is 6.68. The third-order valence-corrected chi connectivity index (χ3v) is 5.02. The van der Waals surface area contributed by atoms with E-state index in [9.17, 15) is 9.59 Å². The number of rotatable bonds is 5. The van der Waals surface area contributed by atoms with Gasteiger partial charge in [-0.15, -0.1) is 0 Å². The third kappa shape index (κ3) is 4.57. The number of amides is 2. The minimum Gasteiger partial charge on any atom is -0.482 e. The number of hydrogen-bond acceptors (Lipinski definition) is 5. The van der Waals surface area contributed by atoms with Crippen molar-refractivity contribution < 1.29 is 14.3 Å². The number of ether oxygens (including phenoxy) is 1. The summed E-state index contributed by atoms with van der Waals surface area (Å²) >= 11 is 11.9. The van der Waals surface area contributed by atoms with Crippen LogP contribution >= 0.6 is 23.2 Å². The Hall–Kier alpha value is -2.29. The van der Waals surface area contributed by atoms with Gasteiger partial charge in [0, 0.05) is 17.1 Å². The van der Waals surface area contributed by atoms with Gasteiger partial charge in [-0.3, -0.25) is 14.9 Å². The summed E-state index contributed by atoms with van der Waals surface area (Å²) in [6, 6.07) is 6.43. The van der Waals surface area contributed by atoms with E-state index in [1.165, 1.54) is 10.7 Å². The Morgan fingerprint density at radius 2 is 2.07 bits per heavy atom. The second kappa shape index (κ2) is 8.38. The molecule has 2 aromatic rings. The number of aryl methyl sites for hydroxylation is 1. The van der Waals surface area contributed by atoms with Crippen molar-refractivity contribution in [2.24, 2.45) is 5.92 Å². The lowest BCUT2D eigenvalue weighted by molar-refractivity contribution is -0.130. The maximum Gasteiger partial charge on any atom is 0.263 e. The fourth-order valence-electron chi connectivity index (χ4n) is 2.78. The van der Waals surface area contributed by atoms with E-state index in [0.29, 0.717) is 27.3 Å². The number of hydrogen-bond donors (Lipinski definition) is 3. The molecule has 3 rings (SSSR count). The van der Waals surface area contributed by atoms with Crippen LogP contribution in [0.5, 0.6) is 5.75 Å². The molecule has 3 unspecified atom stereocenters. The Kier molecular flexibility index (Phi) is 6.12. The third-order valence-electron chi connectivity index (χ3n) is 4.49. The molecule has 1 fully saturated rings. The van der Waals surface area contributed by atoms with E-state index in [2.05, 4.69) is 21.0 Å². The molecule has 1 aromatic carbocycles. The second-order valence-corrected chi connectivity index (χ2v) is 7.53. The standard InChI is InChI=1S/C18H21Cl2N5O3/c1-9-6-15(25(24-9)18-21-11(3)10(2)17(27)23-18)22-16(26)8-28-14-5-4-12(19)7-13(14)20/h4-7,10-11,18,21H,8H2,1-3H3,(H,22,26)(H,23,27). The number of nitrogens with one attached hydrogen (secondary N) is 3. The largest absolute Gasteiger partial charge is 0.482 e. The van der Waals surface area contributed by atoms with Gasteiger partial charge in [0.05, 0.1) is 16.6 Å². The molecule has 150 valence electrons. The maximum absolute atomic E-state index is 12.3. The van der Waals surface area contributed by atoms with Crippen molar-refractivity contribution in [2.75, 3.05) is 11.9 Å². The van der Waals surface area contributed by atoms with Crippen molar-refractivity contribution in [3.63, 3.8) is 0 Å². The number of halogens is 2. The van der Waals surface area contributed by atoms with E-state index in [4.69, 9.17) is 27.9 Å². The quantitative estimate of drug-likeness (QED) is 0.683. The number of anilines is 1. The highest BCUT2D eigenvalue weighted by Crippen LogP contribution is 2.27. The molecule has 8 nitrogen and oxygen atoms in total. The fraction of sp³-hybridized carbons (Fsp3) is 0.389. The number of carbonyl (C=O) groups is 2. The summed E-state index contributed by atoms with van der Waals surface area (Å²) in [4.78, 5) is 24.5. The predicted molar refractivity (Wildman–Crippen MR) is 106 cm³/mol. The summed E-state index contributed by atoms with van der Waals surface area (Å²) in [5, 5.41) is 14.0. The van der Waals surface area contributed by atoms with Gasteiger partial charge in [0.25, 0.3) is 5.91 Å². The van der Waals surface area contributed by atoms with E-state index >= 15 is 0 Å². The molecule has 0 aliphatic carbocycles. The molecule has 0 spiro atoms. The summed E-state index contributed by atoms with van der Waals surface area (Å²) in [6.07, 6.45) is -0.561. The minimum atomic E-state index is -0.561. The first-order valence-electron chi connectivity index (χ1n) is 8.75. The highest BCUT2D eigenvalue weighted by molar-refractivity contribution is 6.35. The Balaban J connectivity index is 1.67. The molecule has 3 N–H and O–H groups in total. The molecule has 28 heavy (non-hydrogen) atoms. The van der Waals surface area contributed by atoms with E-state index in [-0.39, 0.29) is 24.5 Å². The van der Waals surface area contributed by atoms with Gasteiger partial charge in [-0.05, 0) is 32.0 Å². The first kappa shape index (κ1) is 20.4. The lowest BCUT2D eigenvalue weighted by Crippen LogP contribution is -2.57. The van der Waals surface area contributed by atoms with Gasteiger partial charge >= 0.3 is 0 Å². The van der Waals surface area contributed by atoms with Crippen LogP contribution in [0.2, 0.25) is 10.0 Å². The van der Waals surface area contributed by atoms with Crippen LogP contribution in [0.4, 0.5) is 5.82 Å². The smallest absolute Gasteiger partial charge is 0.263 e. The molecule has 0 saturated carbocycles. The molecular formula is C18H21Cl2N5O3. The average Bonchev–Trinajstić information content (AvgIpc) is 2.98. The van der Waals surface area contributed by atoms with Crippen LogP contribution in [0.15, 0.2) is 24.3 Å². The lowest BCUT2D eigenvalue weighted by Gasteiger charge is -2.34. The van der Waals surface area contributed by atoms with Gasteiger partial charge in [-0.1, -0.05) is 30.1 Å². The lowest BCUT2D eigenvalue weighted by atomic mass is 10.0. The number of carbonyl (C=O) groups excluding carboxylic acids is 2. The molecule has 0 radical (unpaired) electrons. The Bertz CT molecular complexity index is 901. The van der Waals surface area contributed by atoms with Crippen LogP contribution in [-0.2, 0) is 9.59 Å². The van der Waals surface area contributed by atoms with Gasteiger partial charge in [-0.25, -0.2) is 4.68 Å². The molecule has 10 heteroatoms.